The van der Waals surface area contributed by atoms with Crippen LogP contribution in [-0.4, -0.2) is 36.7 Å². The highest BCUT2D eigenvalue weighted by Crippen LogP contribution is 2.32. The molecule has 158 valence electrons. The lowest BCUT2D eigenvalue weighted by atomic mass is 10.0. The van der Waals surface area contributed by atoms with Gasteiger partial charge in [-0.25, -0.2) is 0 Å². The van der Waals surface area contributed by atoms with Gasteiger partial charge < -0.3 is 14.8 Å². The average molecular weight is 420 g/mol. The van der Waals surface area contributed by atoms with Crippen molar-refractivity contribution in [2.24, 2.45) is 0 Å². The Morgan fingerprint density at radius 2 is 1.53 bits per heavy atom. The van der Waals surface area contributed by atoms with Crippen LogP contribution in [-0.2, 0) is 9.59 Å². The maximum atomic E-state index is 12.9. The van der Waals surface area contributed by atoms with Crippen LogP contribution in [0.3, 0.4) is 0 Å². The maximum absolute atomic E-state index is 12.9. The SMILES string of the molecule is CCCN1C(=O)C(Nc2ccc(OC(F)(F)F)cc2)=C(c2ccc(OC)cc2)C1=O. The van der Waals surface area contributed by atoms with Gasteiger partial charge in [0.05, 0.1) is 12.7 Å². The number of nitrogens with zero attached hydrogens (tertiary/aromatic N) is 1. The van der Waals surface area contributed by atoms with Crippen molar-refractivity contribution in [3.05, 3.63) is 59.8 Å². The number of benzene rings is 2. The topological polar surface area (TPSA) is 67.9 Å². The van der Waals surface area contributed by atoms with Crippen LogP contribution < -0.4 is 14.8 Å². The van der Waals surface area contributed by atoms with E-state index in [1.54, 1.807) is 24.3 Å². The van der Waals surface area contributed by atoms with E-state index in [-0.39, 0.29) is 23.6 Å². The van der Waals surface area contributed by atoms with Crippen molar-refractivity contribution in [2.45, 2.75) is 19.7 Å². The Labute approximate surface area is 170 Å². The van der Waals surface area contributed by atoms with Gasteiger partial charge in [-0.3, -0.25) is 14.5 Å². The minimum Gasteiger partial charge on any atom is -0.497 e. The predicted molar refractivity (Wildman–Crippen MR) is 104 cm³/mol. The Balaban J connectivity index is 1.95. The summed E-state index contributed by atoms with van der Waals surface area (Å²) >= 11 is 0. The number of hydrogen-bond donors (Lipinski definition) is 1. The van der Waals surface area contributed by atoms with E-state index in [9.17, 15) is 22.8 Å². The van der Waals surface area contributed by atoms with E-state index in [1.807, 2.05) is 6.92 Å². The third-order valence-corrected chi connectivity index (χ3v) is 4.35. The zero-order chi connectivity index (χ0) is 21.9. The first-order chi connectivity index (χ1) is 14.2. The Morgan fingerprint density at radius 1 is 0.933 bits per heavy atom. The summed E-state index contributed by atoms with van der Waals surface area (Å²) in [6, 6.07) is 11.6. The van der Waals surface area contributed by atoms with E-state index in [1.165, 1.54) is 19.2 Å². The first-order valence-corrected chi connectivity index (χ1v) is 9.11. The Bertz CT molecular complexity index is 967. The number of carbonyl (C=O) groups is 2. The number of amides is 2. The first kappa shape index (κ1) is 21.2. The number of methoxy groups -OCH3 is 1. The molecule has 1 aliphatic rings. The van der Waals surface area contributed by atoms with Gasteiger partial charge in [0.1, 0.15) is 17.2 Å². The molecule has 2 aromatic carbocycles. The van der Waals surface area contributed by atoms with Crippen LogP contribution in [0.15, 0.2) is 54.2 Å². The van der Waals surface area contributed by atoms with Gasteiger partial charge in [0, 0.05) is 12.2 Å². The molecule has 0 saturated heterocycles. The van der Waals surface area contributed by atoms with Crippen molar-refractivity contribution in [2.75, 3.05) is 19.0 Å². The van der Waals surface area contributed by atoms with Gasteiger partial charge in [0.15, 0.2) is 0 Å². The molecular formula is C21H19F3N2O4. The van der Waals surface area contributed by atoms with Gasteiger partial charge in [0.2, 0.25) is 0 Å². The summed E-state index contributed by atoms with van der Waals surface area (Å²) in [4.78, 5) is 26.9. The standard InChI is InChI=1S/C21H19F3N2O4/c1-3-12-26-19(27)17(13-4-8-15(29-2)9-5-13)18(20(26)28)25-14-6-10-16(11-7-14)30-21(22,23)24/h4-11,25H,3,12H2,1-2H3. The minimum absolute atomic E-state index is 0.0584. The number of ether oxygens (including phenoxy) is 2. The van der Waals surface area contributed by atoms with Gasteiger partial charge in [-0.2, -0.15) is 0 Å². The fraction of sp³-hybridized carbons (Fsp3) is 0.238. The second kappa shape index (κ2) is 8.48. The smallest absolute Gasteiger partial charge is 0.497 e. The molecule has 2 aromatic rings. The second-order valence-electron chi connectivity index (χ2n) is 6.44. The van der Waals surface area contributed by atoms with E-state index in [2.05, 4.69) is 10.1 Å². The molecule has 0 aromatic heterocycles. The highest BCUT2D eigenvalue weighted by atomic mass is 19.4. The molecule has 1 heterocycles. The van der Waals surface area contributed by atoms with E-state index < -0.39 is 18.2 Å². The quantitative estimate of drug-likeness (QED) is 0.681. The molecule has 3 rings (SSSR count). The average Bonchev–Trinajstić information content (AvgIpc) is 2.93. The van der Waals surface area contributed by atoms with Crippen molar-refractivity contribution in [3.8, 4) is 11.5 Å². The maximum Gasteiger partial charge on any atom is 0.573 e. The number of imide groups is 1. The lowest BCUT2D eigenvalue weighted by molar-refractivity contribution is -0.274. The number of rotatable bonds is 7. The van der Waals surface area contributed by atoms with Crippen molar-refractivity contribution < 1.29 is 32.2 Å². The molecule has 0 fully saturated rings. The van der Waals surface area contributed by atoms with Crippen LogP contribution in [0.25, 0.3) is 5.57 Å². The predicted octanol–water partition coefficient (Wildman–Crippen LogP) is 4.20. The van der Waals surface area contributed by atoms with Crippen LogP contribution in [0.1, 0.15) is 18.9 Å². The number of halogens is 3. The number of carbonyl (C=O) groups excluding carboxylic acids is 2. The van der Waals surface area contributed by atoms with Crippen molar-refractivity contribution in [1.29, 1.82) is 0 Å². The molecule has 0 spiro atoms. The van der Waals surface area contributed by atoms with Crippen LogP contribution in [0.5, 0.6) is 11.5 Å². The number of hydrogen-bond acceptors (Lipinski definition) is 5. The highest BCUT2D eigenvalue weighted by Gasteiger charge is 2.38. The normalized spacial score (nSPS) is 14.4. The molecule has 0 aliphatic carbocycles. The second-order valence-corrected chi connectivity index (χ2v) is 6.44. The van der Waals surface area contributed by atoms with Crippen LogP contribution in [0, 0.1) is 0 Å². The fourth-order valence-electron chi connectivity index (χ4n) is 3.03. The molecule has 6 nitrogen and oxygen atoms in total. The minimum atomic E-state index is -4.80. The largest absolute Gasteiger partial charge is 0.573 e. The van der Waals surface area contributed by atoms with Crippen LogP contribution >= 0.6 is 0 Å². The van der Waals surface area contributed by atoms with Crippen LogP contribution in [0.4, 0.5) is 18.9 Å². The summed E-state index contributed by atoms with van der Waals surface area (Å²) < 4.78 is 46.0. The van der Waals surface area contributed by atoms with Crippen LogP contribution in [0.2, 0.25) is 0 Å². The van der Waals surface area contributed by atoms with E-state index in [0.717, 1.165) is 17.0 Å². The molecule has 0 atom stereocenters. The van der Waals surface area contributed by atoms with Crippen molar-refractivity contribution >= 4 is 23.1 Å². The number of anilines is 1. The Kier molecular flexibility index (Phi) is 6.00. The summed E-state index contributed by atoms with van der Waals surface area (Å²) in [5, 5.41) is 2.88. The summed E-state index contributed by atoms with van der Waals surface area (Å²) in [6.45, 7) is 2.10. The molecule has 0 unspecified atom stereocenters. The third kappa shape index (κ3) is 4.56. The van der Waals surface area contributed by atoms with Gasteiger partial charge >= 0.3 is 6.36 Å². The number of alkyl halides is 3. The fourth-order valence-corrected chi connectivity index (χ4v) is 3.03. The molecule has 30 heavy (non-hydrogen) atoms. The molecule has 0 radical (unpaired) electrons. The lowest BCUT2D eigenvalue weighted by Crippen LogP contribution is -2.33. The van der Waals surface area contributed by atoms with Gasteiger partial charge in [0.25, 0.3) is 11.8 Å². The summed E-state index contributed by atoms with van der Waals surface area (Å²) in [5.41, 5.74) is 1.10. The molecular weight excluding hydrogens is 401 g/mol. The molecule has 1 aliphatic heterocycles. The monoisotopic (exact) mass is 420 g/mol. The van der Waals surface area contributed by atoms with Crippen molar-refractivity contribution in [1.82, 2.24) is 4.90 Å². The molecule has 2 amide bonds. The van der Waals surface area contributed by atoms with E-state index in [0.29, 0.717) is 23.4 Å². The lowest BCUT2D eigenvalue weighted by Gasteiger charge is -2.14. The highest BCUT2D eigenvalue weighted by molar-refractivity contribution is 6.36. The first-order valence-electron chi connectivity index (χ1n) is 9.11. The molecule has 9 heteroatoms. The summed E-state index contributed by atoms with van der Waals surface area (Å²) in [6.07, 6.45) is -4.21. The summed E-state index contributed by atoms with van der Waals surface area (Å²) in [5.74, 6) is -0.732. The molecule has 0 bridgehead atoms. The van der Waals surface area contributed by atoms with Gasteiger partial charge in [-0.1, -0.05) is 19.1 Å². The van der Waals surface area contributed by atoms with E-state index in [4.69, 9.17) is 4.74 Å². The molecule has 1 N–H and O–H groups in total. The zero-order valence-corrected chi connectivity index (χ0v) is 16.2. The third-order valence-electron chi connectivity index (χ3n) is 4.35. The Morgan fingerprint density at radius 3 is 2.07 bits per heavy atom. The Hall–Kier alpha value is -3.49. The number of nitrogens with one attached hydrogen (secondary N) is 1. The zero-order valence-electron chi connectivity index (χ0n) is 16.2. The summed E-state index contributed by atoms with van der Waals surface area (Å²) in [7, 11) is 1.51. The van der Waals surface area contributed by atoms with Crippen molar-refractivity contribution in [3.63, 3.8) is 0 Å². The van der Waals surface area contributed by atoms with E-state index >= 15 is 0 Å². The van der Waals surface area contributed by atoms with Gasteiger partial charge in [-0.05, 0) is 48.4 Å². The van der Waals surface area contributed by atoms with Gasteiger partial charge in [-0.15, -0.1) is 13.2 Å². The molecule has 0 saturated carbocycles.